The van der Waals surface area contributed by atoms with Crippen LogP contribution in [0.4, 0.5) is 0 Å². The van der Waals surface area contributed by atoms with Gasteiger partial charge >= 0.3 is 0 Å². The first-order chi connectivity index (χ1) is 13.7. The van der Waals surface area contributed by atoms with Crippen LogP contribution in [-0.2, 0) is 11.3 Å². The first-order valence-corrected chi connectivity index (χ1v) is 11.6. The summed E-state index contributed by atoms with van der Waals surface area (Å²) in [6.07, 6.45) is 8.88. The standard InChI is InChI=1S/C22H34ClN3OS/c23-21-11-6-5-8-19(21)18-26(13-7-12-25-14-16-27-17-15-25)22(28)24-20-9-3-1-2-4-10-20/h5-6,8,11,20H,1-4,7,9-10,12-18H2,(H,24,28). The molecule has 1 saturated heterocycles. The van der Waals surface area contributed by atoms with Gasteiger partial charge in [0.05, 0.1) is 13.2 Å². The van der Waals surface area contributed by atoms with Gasteiger partial charge in [0, 0.05) is 43.8 Å². The highest BCUT2D eigenvalue weighted by Crippen LogP contribution is 2.20. The Balaban J connectivity index is 1.57. The Morgan fingerprint density at radius 2 is 1.86 bits per heavy atom. The number of hydrogen-bond acceptors (Lipinski definition) is 3. The molecule has 156 valence electrons. The van der Waals surface area contributed by atoms with E-state index in [-0.39, 0.29) is 0 Å². The molecule has 2 aliphatic rings. The minimum absolute atomic E-state index is 0.517. The van der Waals surface area contributed by atoms with Crippen LogP contribution in [0.5, 0.6) is 0 Å². The topological polar surface area (TPSA) is 27.7 Å². The number of nitrogens with zero attached hydrogens (tertiary/aromatic N) is 2. The van der Waals surface area contributed by atoms with Gasteiger partial charge in [0.2, 0.25) is 0 Å². The van der Waals surface area contributed by atoms with Gasteiger partial charge in [-0.2, -0.15) is 0 Å². The van der Waals surface area contributed by atoms with Gasteiger partial charge < -0.3 is 15.0 Å². The van der Waals surface area contributed by atoms with Crippen LogP contribution in [0.1, 0.15) is 50.5 Å². The molecule has 1 aromatic carbocycles. The fraction of sp³-hybridized carbons (Fsp3) is 0.682. The SMILES string of the molecule is S=C(NC1CCCCCC1)N(CCCN1CCOCC1)Cc1ccccc1Cl. The van der Waals surface area contributed by atoms with Crippen molar-refractivity contribution in [1.82, 2.24) is 15.1 Å². The van der Waals surface area contributed by atoms with Crippen molar-refractivity contribution in [1.29, 1.82) is 0 Å². The molecule has 1 saturated carbocycles. The number of thiocarbonyl (C=S) groups is 1. The Labute approximate surface area is 180 Å². The van der Waals surface area contributed by atoms with Gasteiger partial charge in [-0.1, -0.05) is 55.5 Å². The third kappa shape index (κ3) is 7.18. The second-order valence-corrected chi connectivity index (χ2v) is 8.75. The van der Waals surface area contributed by atoms with E-state index >= 15 is 0 Å². The van der Waals surface area contributed by atoms with Gasteiger partial charge in [-0.05, 0) is 43.1 Å². The lowest BCUT2D eigenvalue weighted by molar-refractivity contribution is 0.0367. The molecular formula is C22H34ClN3OS. The maximum atomic E-state index is 6.43. The zero-order valence-corrected chi connectivity index (χ0v) is 18.4. The number of rotatable bonds is 7. The van der Waals surface area contributed by atoms with E-state index in [1.165, 1.54) is 38.5 Å². The quantitative estimate of drug-likeness (QED) is 0.516. The van der Waals surface area contributed by atoms with E-state index in [1.807, 2.05) is 12.1 Å². The van der Waals surface area contributed by atoms with E-state index < -0.39 is 0 Å². The molecule has 0 bridgehead atoms. The van der Waals surface area contributed by atoms with Crippen LogP contribution in [0.25, 0.3) is 0 Å². The van der Waals surface area contributed by atoms with Gasteiger partial charge in [-0.3, -0.25) is 4.90 Å². The number of benzene rings is 1. The normalized spacial score (nSPS) is 19.2. The van der Waals surface area contributed by atoms with Crippen LogP contribution in [-0.4, -0.2) is 60.3 Å². The van der Waals surface area contributed by atoms with Crippen molar-refractivity contribution in [3.63, 3.8) is 0 Å². The highest BCUT2D eigenvalue weighted by atomic mass is 35.5. The predicted octanol–water partition coefficient (Wildman–Crippen LogP) is 4.46. The first kappa shape index (κ1) is 21.8. The van der Waals surface area contributed by atoms with E-state index in [4.69, 9.17) is 28.6 Å². The summed E-state index contributed by atoms with van der Waals surface area (Å²) < 4.78 is 5.45. The fourth-order valence-corrected chi connectivity index (χ4v) is 4.60. The maximum Gasteiger partial charge on any atom is 0.169 e. The molecule has 4 nitrogen and oxygen atoms in total. The summed E-state index contributed by atoms with van der Waals surface area (Å²) in [6.45, 7) is 6.58. The Hall–Kier alpha value is -0.880. The van der Waals surface area contributed by atoms with Crippen molar-refractivity contribution in [2.24, 2.45) is 0 Å². The molecule has 0 atom stereocenters. The number of halogens is 1. The van der Waals surface area contributed by atoms with Gasteiger partial charge in [0.25, 0.3) is 0 Å². The summed E-state index contributed by atoms with van der Waals surface area (Å²) in [5.41, 5.74) is 1.14. The summed E-state index contributed by atoms with van der Waals surface area (Å²) in [6, 6.07) is 8.62. The first-order valence-electron chi connectivity index (χ1n) is 10.8. The summed E-state index contributed by atoms with van der Waals surface area (Å²) in [7, 11) is 0. The van der Waals surface area contributed by atoms with E-state index in [1.54, 1.807) is 0 Å². The summed E-state index contributed by atoms with van der Waals surface area (Å²) in [5, 5.41) is 5.37. The number of morpholine rings is 1. The summed E-state index contributed by atoms with van der Waals surface area (Å²) >= 11 is 12.3. The minimum Gasteiger partial charge on any atom is -0.379 e. The fourth-order valence-electron chi connectivity index (χ4n) is 4.08. The maximum absolute atomic E-state index is 6.43. The Morgan fingerprint density at radius 1 is 1.14 bits per heavy atom. The van der Waals surface area contributed by atoms with Gasteiger partial charge in [0.15, 0.2) is 5.11 Å². The van der Waals surface area contributed by atoms with Crippen molar-refractivity contribution in [3.05, 3.63) is 34.9 Å². The van der Waals surface area contributed by atoms with Crippen LogP contribution < -0.4 is 5.32 Å². The summed E-state index contributed by atoms with van der Waals surface area (Å²) in [4.78, 5) is 4.79. The molecule has 0 unspecified atom stereocenters. The molecule has 0 aromatic heterocycles. The second kappa shape index (κ2) is 12.0. The summed E-state index contributed by atoms with van der Waals surface area (Å²) in [5.74, 6) is 0. The number of nitrogens with one attached hydrogen (secondary N) is 1. The van der Waals surface area contributed by atoms with E-state index in [0.717, 1.165) is 68.1 Å². The highest BCUT2D eigenvalue weighted by Gasteiger charge is 2.18. The highest BCUT2D eigenvalue weighted by molar-refractivity contribution is 7.80. The van der Waals surface area contributed by atoms with Gasteiger partial charge in [0.1, 0.15) is 0 Å². The lowest BCUT2D eigenvalue weighted by Crippen LogP contribution is -2.45. The monoisotopic (exact) mass is 423 g/mol. The van der Waals surface area contributed by atoms with Gasteiger partial charge in [-0.25, -0.2) is 0 Å². The largest absolute Gasteiger partial charge is 0.379 e. The number of hydrogen-bond donors (Lipinski definition) is 1. The van der Waals surface area contributed by atoms with Crippen LogP contribution in [0.15, 0.2) is 24.3 Å². The van der Waals surface area contributed by atoms with Crippen molar-refractivity contribution in [2.75, 3.05) is 39.4 Å². The molecule has 1 N–H and O–H groups in total. The average molecular weight is 424 g/mol. The molecule has 6 heteroatoms. The Kier molecular flexibility index (Phi) is 9.32. The Bertz CT molecular complexity index is 601. The lowest BCUT2D eigenvalue weighted by Gasteiger charge is -2.31. The molecule has 0 amide bonds. The van der Waals surface area contributed by atoms with Crippen molar-refractivity contribution >= 4 is 28.9 Å². The average Bonchev–Trinajstić information content (AvgIpc) is 2.98. The minimum atomic E-state index is 0.517. The van der Waals surface area contributed by atoms with Gasteiger partial charge in [-0.15, -0.1) is 0 Å². The second-order valence-electron chi connectivity index (χ2n) is 7.96. The zero-order valence-electron chi connectivity index (χ0n) is 16.9. The van der Waals surface area contributed by atoms with Crippen molar-refractivity contribution < 1.29 is 4.74 Å². The molecule has 1 aliphatic heterocycles. The Morgan fingerprint density at radius 3 is 2.57 bits per heavy atom. The molecular weight excluding hydrogens is 390 g/mol. The molecule has 28 heavy (non-hydrogen) atoms. The zero-order chi connectivity index (χ0) is 19.6. The lowest BCUT2D eigenvalue weighted by atomic mass is 10.1. The van der Waals surface area contributed by atoms with E-state index in [2.05, 4.69) is 27.2 Å². The van der Waals surface area contributed by atoms with E-state index in [9.17, 15) is 0 Å². The van der Waals surface area contributed by atoms with Crippen LogP contribution in [0.3, 0.4) is 0 Å². The number of ether oxygens (including phenoxy) is 1. The van der Waals surface area contributed by atoms with Crippen LogP contribution in [0.2, 0.25) is 5.02 Å². The van der Waals surface area contributed by atoms with Crippen molar-refractivity contribution in [2.45, 2.75) is 57.5 Å². The van der Waals surface area contributed by atoms with Crippen LogP contribution in [0, 0.1) is 0 Å². The van der Waals surface area contributed by atoms with Crippen LogP contribution >= 0.6 is 23.8 Å². The molecule has 0 spiro atoms. The van der Waals surface area contributed by atoms with Crippen molar-refractivity contribution in [3.8, 4) is 0 Å². The molecule has 3 rings (SSSR count). The predicted molar refractivity (Wildman–Crippen MR) is 121 cm³/mol. The third-order valence-electron chi connectivity index (χ3n) is 5.80. The smallest absolute Gasteiger partial charge is 0.169 e. The molecule has 2 fully saturated rings. The molecule has 1 aliphatic carbocycles. The molecule has 1 heterocycles. The van der Waals surface area contributed by atoms with E-state index in [0.29, 0.717) is 6.04 Å². The molecule has 0 radical (unpaired) electrons. The molecule has 1 aromatic rings. The third-order valence-corrected chi connectivity index (χ3v) is 6.54.